The minimum atomic E-state index is -0.223. The summed E-state index contributed by atoms with van der Waals surface area (Å²) in [7, 11) is 3.20. The van der Waals surface area contributed by atoms with Crippen molar-refractivity contribution in [2.45, 2.75) is 26.2 Å². The third-order valence-corrected chi connectivity index (χ3v) is 5.71. The number of thiophene rings is 1. The lowest BCUT2D eigenvalue weighted by Crippen LogP contribution is -2.22. The number of nitrogens with one attached hydrogen (secondary N) is 2. The van der Waals surface area contributed by atoms with Gasteiger partial charge in [-0.3, -0.25) is 9.59 Å². The average Bonchev–Trinajstić information content (AvgIpc) is 2.97. The van der Waals surface area contributed by atoms with E-state index in [9.17, 15) is 9.59 Å². The number of fused-ring (bicyclic) bond motifs is 1. The van der Waals surface area contributed by atoms with Crippen LogP contribution in [-0.4, -0.2) is 26.0 Å². The predicted molar refractivity (Wildman–Crippen MR) is 99.8 cm³/mol. The van der Waals surface area contributed by atoms with Crippen molar-refractivity contribution in [3.05, 3.63) is 45.8 Å². The Kier molecular flexibility index (Phi) is 5.08. The number of carbonyl (C=O) groups is 2. The summed E-state index contributed by atoms with van der Waals surface area (Å²) in [6.45, 7) is 2.22. The van der Waals surface area contributed by atoms with Crippen molar-refractivity contribution in [1.29, 1.82) is 0 Å². The first kappa shape index (κ1) is 17.5. The fraction of sp³-hybridized carbons (Fsp3) is 0.368. The molecule has 0 unspecified atom stereocenters. The Balaban J connectivity index is 1.90. The van der Waals surface area contributed by atoms with Gasteiger partial charge in [0, 0.05) is 17.5 Å². The van der Waals surface area contributed by atoms with Crippen LogP contribution in [0.15, 0.2) is 24.3 Å². The number of benzene rings is 1. The lowest BCUT2D eigenvalue weighted by atomic mass is 9.88. The Morgan fingerprint density at radius 2 is 1.92 bits per heavy atom. The van der Waals surface area contributed by atoms with E-state index in [1.54, 1.807) is 38.4 Å². The first-order valence-corrected chi connectivity index (χ1v) is 9.17. The molecular formula is C19H22N2O3S. The molecule has 5 nitrogen and oxygen atoms in total. The van der Waals surface area contributed by atoms with E-state index in [4.69, 9.17) is 4.74 Å². The zero-order chi connectivity index (χ0) is 18.0. The minimum Gasteiger partial charge on any atom is -0.497 e. The van der Waals surface area contributed by atoms with Gasteiger partial charge in [0.15, 0.2) is 0 Å². The molecule has 0 bridgehead atoms. The van der Waals surface area contributed by atoms with E-state index in [1.165, 1.54) is 16.2 Å². The van der Waals surface area contributed by atoms with Crippen molar-refractivity contribution in [1.82, 2.24) is 5.32 Å². The number of anilines is 1. The molecule has 2 N–H and O–H groups in total. The van der Waals surface area contributed by atoms with Crippen LogP contribution < -0.4 is 15.4 Å². The molecule has 25 heavy (non-hydrogen) atoms. The number of hydrogen-bond donors (Lipinski definition) is 2. The Morgan fingerprint density at radius 1 is 1.20 bits per heavy atom. The molecule has 132 valence electrons. The quantitative estimate of drug-likeness (QED) is 0.879. The molecule has 6 heteroatoms. The van der Waals surface area contributed by atoms with Gasteiger partial charge >= 0.3 is 0 Å². The SMILES string of the molecule is CNC(=O)c1c(NC(=O)c2ccc(OC)cc2)sc2c1CC[C@H](C)C2. The highest BCUT2D eigenvalue weighted by molar-refractivity contribution is 7.17. The van der Waals surface area contributed by atoms with Crippen LogP contribution in [0.3, 0.4) is 0 Å². The summed E-state index contributed by atoms with van der Waals surface area (Å²) in [6.07, 6.45) is 2.91. The zero-order valence-corrected chi connectivity index (χ0v) is 15.5. The first-order valence-electron chi connectivity index (χ1n) is 8.35. The molecule has 0 radical (unpaired) electrons. The third-order valence-electron chi connectivity index (χ3n) is 4.55. The highest BCUT2D eigenvalue weighted by Gasteiger charge is 2.28. The summed E-state index contributed by atoms with van der Waals surface area (Å²) in [5.41, 5.74) is 2.24. The molecule has 0 saturated heterocycles. The second-order valence-electron chi connectivity index (χ2n) is 6.32. The number of amides is 2. The van der Waals surface area contributed by atoms with E-state index in [0.717, 1.165) is 24.8 Å². The lowest BCUT2D eigenvalue weighted by molar-refractivity contribution is 0.0963. The average molecular weight is 358 g/mol. The fourth-order valence-electron chi connectivity index (χ4n) is 3.12. The molecule has 1 heterocycles. The summed E-state index contributed by atoms with van der Waals surface area (Å²) >= 11 is 1.52. The van der Waals surface area contributed by atoms with E-state index < -0.39 is 0 Å². The molecule has 0 aliphatic heterocycles. The number of carbonyl (C=O) groups excluding carboxylic acids is 2. The van der Waals surface area contributed by atoms with Gasteiger partial charge in [0.2, 0.25) is 0 Å². The molecule has 0 fully saturated rings. The number of methoxy groups -OCH3 is 1. The molecule has 1 atom stereocenters. The van der Waals surface area contributed by atoms with Gasteiger partial charge in [0.25, 0.3) is 11.8 Å². The maximum absolute atomic E-state index is 12.6. The van der Waals surface area contributed by atoms with Crippen molar-refractivity contribution in [2.24, 2.45) is 5.92 Å². The molecule has 1 aromatic carbocycles. The Hall–Kier alpha value is -2.34. The molecule has 2 aromatic rings. The third kappa shape index (κ3) is 3.54. The predicted octanol–water partition coefficient (Wildman–Crippen LogP) is 3.49. The van der Waals surface area contributed by atoms with Crippen LogP contribution in [0.5, 0.6) is 5.75 Å². The molecule has 2 amide bonds. The van der Waals surface area contributed by atoms with Crippen molar-refractivity contribution < 1.29 is 14.3 Å². The van der Waals surface area contributed by atoms with Crippen molar-refractivity contribution in [3.63, 3.8) is 0 Å². The summed E-state index contributed by atoms with van der Waals surface area (Å²) in [6, 6.07) is 6.91. The maximum atomic E-state index is 12.6. The highest BCUT2D eigenvalue weighted by atomic mass is 32.1. The lowest BCUT2D eigenvalue weighted by Gasteiger charge is -2.18. The van der Waals surface area contributed by atoms with Crippen LogP contribution in [0, 0.1) is 5.92 Å². The number of rotatable bonds is 4. The van der Waals surface area contributed by atoms with Gasteiger partial charge in [-0.15, -0.1) is 11.3 Å². The van der Waals surface area contributed by atoms with E-state index in [2.05, 4.69) is 17.6 Å². The molecule has 3 rings (SSSR count). The van der Waals surface area contributed by atoms with E-state index in [-0.39, 0.29) is 11.8 Å². The van der Waals surface area contributed by atoms with Crippen molar-refractivity contribution >= 4 is 28.2 Å². The van der Waals surface area contributed by atoms with Gasteiger partial charge in [-0.25, -0.2) is 0 Å². The summed E-state index contributed by atoms with van der Waals surface area (Å²) in [5, 5.41) is 6.26. The second kappa shape index (κ2) is 7.27. The summed E-state index contributed by atoms with van der Waals surface area (Å²) in [5.74, 6) is 0.938. The molecule has 1 aliphatic carbocycles. The molecule has 1 aromatic heterocycles. The van der Waals surface area contributed by atoms with Gasteiger partial charge in [-0.2, -0.15) is 0 Å². The molecule has 1 aliphatic rings. The van der Waals surface area contributed by atoms with E-state index in [0.29, 0.717) is 27.8 Å². The second-order valence-corrected chi connectivity index (χ2v) is 7.42. The van der Waals surface area contributed by atoms with Crippen LogP contribution in [0.4, 0.5) is 5.00 Å². The molecular weight excluding hydrogens is 336 g/mol. The van der Waals surface area contributed by atoms with Crippen LogP contribution in [-0.2, 0) is 12.8 Å². The first-order chi connectivity index (χ1) is 12.0. The summed E-state index contributed by atoms with van der Waals surface area (Å²) < 4.78 is 5.11. The topological polar surface area (TPSA) is 67.4 Å². The van der Waals surface area contributed by atoms with Gasteiger partial charge in [0.05, 0.1) is 12.7 Å². The monoisotopic (exact) mass is 358 g/mol. The van der Waals surface area contributed by atoms with Crippen LogP contribution in [0.2, 0.25) is 0 Å². The van der Waals surface area contributed by atoms with Gasteiger partial charge in [0.1, 0.15) is 10.8 Å². The summed E-state index contributed by atoms with van der Waals surface area (Å²) in [4.78, 5) is 26.2. The van der Waals surface area contributed by atoms with Crippen LogP contribution in [0.25, 0.3) is 0 Å². The standard InChI is InChI=1S/C19H22N2O3S/c1-11-4-9-14-15(10-11)25-19(16(14)18(23)20-2)21-17(22)12-5-7-13(24-3)8-6-12/h5-8,11H,4,9-10H2,1-3H3,(H,20,23)(H,21,22)/t11-/m0/s1. The van der Waals surface area contributed by atoms with Gasteiger partial charge in [-0.05, 0) is 55.0 Å². The van der Waals surface area contributed by atoms with Gasteiger partial charge < -0.3 is 15.4 Å². The van der Waals surface area contributed by atoms with Crippen LogP contribution >= 0.6 is 11.3 Å². The number of ether oxygens (including phenoxy) is 1. The largest absolute Gasteiger partial charge is 0.497 e. The van der Waals surface area contributed by atoms with E-state index >= 15 is 0 Å². The fourth-order valence-corrected chi connectivity index (χ4v) is 4.52. The zero-order valence-electron chi connectivity index (χ0n) is 14.6. The Morgan fingerprint density at radius 3 is 2.56 bits per heavy atom. The van der Waals surface area contributed by atoms with Crippen molar-refractivity contribution in [3.8, 4) is 5.75 Å². The number of hydrogen-bond acceptors (Lipinski definition) is 4. The van der Waals surface area contributed by atoms with Crippen molar-refractivity contribution in [2.75, 3.05) is 19.5 Å². The van der Waals surface area contributed by atoms with Gasteiger partial charge in [-0.1, -0.05) is 6.92 Å². The minimum absolute atomic E-state index is 0.142. The normalized spacial score (nSPS) is 16.0. The molecule has 0 saturated carbocycles. The van der Waals surface area contributed by atoms with E-state index in [1.807, 2.05) is 0 Å². The maximum Gasteiger partial charge on any atom is 0.256 e. The Bertz CT molecular complexity index is 796. The Labute approximate surface area is 151 Å². The highest BCUT2D eigenvalue weighted by Crippen LogP contribution is 2.39. The molecule has 0 spiro atoms. The smallest absolute Gasteiger partial charge is 0.256 e. The van der Waals surface area contributed by atoms with Crippen LogP contribution in [0.1, 0.15) is 44.5 Å².